The molecular weight excluding hydrogens is 298 g/mol. The quantitative estimate of drug-likeness (QED) is 0.373. The molecule has 3 aromatic rings. The van der Waals surface area contributed by atoms with Gasteiger partial charge in [0, 0.05) is 11.5 Å². The molecule has 24 heavy (non-hydrogen) atoms. The van der Waals surface area contributed by atoms with Crippen LogP contribution in [0.2, 0.25) is 0 Å². The van der Waals surface area contributed by atoms with Crippen LogP contribution in [0.4, 0.5) is 5.69 Å². The van der Waals surface area contributed by atoms with Crippen molar-refractivity contribution in [3.05, 3.63) is 124 Å². The van der Waals surface area contributed by atoms with E-state index < -0.39 is 0 Å². The average molecular weight is 314 g/mol. The van der Waals surface area contributed by atoms with Crippen LogP contribution in [0.15, 0.2) is 85.4 Å². The number of nitro groups is 1. The second-order valence-corrected chi connectivity index (χ2v) is 5.43. The molecule has 0 fully saturated rings. The maximum atomic E-state index is 11.7. The van der Waals surface area contributed by atoms with Gasteiger partial charge < -0.3 is 0 Å². The van der Waals surface area contributed by atoms with Crippen molar-refractivity contribution in [2.24, 2.45) is 0 Å². The van der Waals surface area contributed by atoms with Gasteiger partial charge in [-0.05, 0) is 23.3 Å². The number of rotatable bonds is 5. The van der Waals surface area contributed by atoms with Crippen LogP contribution < -0.4 is 0 Å². The molecule has 1 radical (unpaired) electrons. The van der Waals surface area contributed by atoms with Crippen molar-refractivity contribution < 1.29 is 4.92 Å². The van der Waals surface area contributed by atoms with Crippen LogP contribution in [0.1, 0.15) is 28.2 Å². The van der Waals surface area contributed by atoms with Crippen molar-refractivity contribution in [1.29, 1.82) is 0 Å². The van der Waals surface area contributed by atoms with E-state index in [1.807, 2.05) is 72.8 Å². The van der Waals surface area contributed by atoms with E-state index in [9.17, 15) is 10.1 Å². The van der Waals surface area contributed by atoms with Crippen LogP contribution >= 0.6 is 0 Å². The molecule has 0 aliphatic rings. The normalized spacial score (nSPS) is 10.5. The van der Waals surface area contributed by atoms with E-state index in [1.165, 1.54) is 0 Å². The van der Waals surface area contributed by atoms with Crippen LogP contribution in [0.3, 0.4) is 0 Å². The van der Waals surface area contributed by atoms with E-state index in [4.69, 9.17) is 0 Å². The van der Waals surface area contributed by atoms with Crippen LogP contribution in [0, 0.1) is 16.2 Å². The minimum atomic E-state index is -0.346. The lowest BCUT2D eigenvalue weighted by Crippen LogP contribution is -2.07. The first-order valence-corrected chi connectivity index (χ1v) is 7.62. The molecule has 3 heteroatoms. The van der Waals surface area contributed by atoms with Crippen LogP contribution in [0.25, 0.3) is 0 Å². The van der Waals surface area contributed by atoms with Gasteiger partial charge in [0.25, 0.3) is 5.69 Å². The summed E-state index contributed by atoms with van der Waals surface area (Å²) in [4.78, 5) is 11.4. The fourth-order valence-corrected chi connectivity index (χ4v) is 2.98. The summed E-state index contributed by atoms with van der Waals surface area (Å²) in [6, 6.07) is 24.9. The molecule has 0 aliphatic carbocycles. The lowest BCUT2D eigenvalue weighted by molar-refractivity contribution is -0.386. The highest BCUT2D eigenvalue weighted by atomic mass is 16.6. The summed E-state index contributed by atoms with van der Waals surface area (Å²) >= 11 is 0. The Hall–Kier alpha value is -3.20. The van der Waals surface area contributed by atoms with Crippen molar-refractivity contribution in [2.45, 2.75) is 5.92 Å². The number of hydrogen-bond donors (Lipinski definition) is 0. The van der Waals surface area contributed by atoms with Crippen LogP contribution in [-0.4, -0.2) is 4.92 Å². The Labute approximate surface area is 141 Å². The third-order valence-corrected chi connectivity index (χ3v) is 4.02. The third-order valence-electron chi connectivity index (χ3n) is 4.02. The number of hydrogen-bond acceptors (Lipinski definition) is 2. The molecule has 0 aliphatic heterocycles. The number of nitrogens with zero attached hydrogens (tertiary/aromatic N) is 1. The molecule has 0 saturated heterocycles. The lowest BCUT2D eigenvalue weighted by atomic mass is 9.83. The summed E-state index contributed by atoms with van der Waals surface area (Å²) in [5.74, 6) is -0.221. The van der Waals surface area contributed by atoms with Gasteiger partial charge in [0.1, 0.15) is 0 Å². The van der Waals surface area contributed by atoms with Gasteiger partial charge in [-0.15, -0.1) is 0 Å². The van der Waals surface area contributed by atoms with Crippen molar-refractivity contribution >= 4 is 5.69 Å². The Morgan fingerprint density at radius 3 is 1.83 bits per heavy atom. The second kappa shape index (κ2) is 6.92. The van der Waals surface area contributed by atoms with Gasteiger partial charge in [0.2, 0.25) is 0 Å². The highest BCUT2D eigenvalue weighted by Gasteiger charge is 2.27. The topological polar surface area (TPSA) is 43.1 Å². The first kappa shape index (κ1) is 15.7. The fraction of sp³-hybridized carbons (Fsp3) is 0.0476. The van der Waals surface area contributed by atoms with Crippen LogP contribution in [-0.2, 0) is 0 Å². The Balaban J connectivity index is 2.28. The maximum Gasteiger partial charge on any atom is 0.281 e. The SMILES string of the molecule is C=[C]c1cccc(C(c2ccccc2)c2ccccc2)c1[N+](=O)[O-]. The minimum Gasteiger partial charge on any atom is -0.258 e. The first-order chi connectivity index (χ1) is 11.7. The van der Waals surface area contributed by atoms with Gasteiger partial charge in [-0.25, -0.2) is 0 Å². The molecule has 0 bridgehead atoms. The van der Waals surface area contributed by atoms with Gasteiger partial charge in [-0.1, -0.05) is 79.4 Å². The van der Waals surface area contributed by atoms with Crippen molar-refractivity contribution in [2.75, 3.05) is 0 Å². The van der Waals surface area contributed by atoms with E-state index in [0.717, 1.165) is 11.1 Å². The van der Waals surface area contributed by atoms with E-state index in [2.05, 4.69) is 12.7 Å². The van der Waals surface area contributed by atoms with E-state index in [0.29, 0.717) is 11.1 Å². The fourth-order valence-electron chi connectivity index (χ4n) is 2.98. The average Bonchev–Trinajstić information content (AvgIpc) is 2.63. The van der Waals surface area contributed by atoms with Crippen molar-refractivity contribution in [3.63, 3.8) is 0 Å². The van der Waals surface area contributed by atoms with Gasteiger partial charge >= 0.3 is 0 Å². The van der Waals surface area contributed by atoms with Gasteiger partial charge in [-0.2, -0.15) is 0 Å². The van der Waals surface area contributed by atoms with E-state index in [-0.39, 0.29) is 16.5 Å². The van der Waals surface area contributed by atoms with E-state index in [1.54, 1.807) is 6.07 Å². The van der Waals surface area contributed by atoms with Crippen molar-refractivity contribution in [1.82, 2.24) is 0 Å². The van der Waals surface area contributed by atoms with Gasteiger partial charge in [0.05, 0.1) is 10.5 Å². The zero-order valence-electron chi connectivity index (χ0n) is 13.1. The Morgan fingerprint density at radius 1 is 0.833 bits per heavy atom. The summed E-state index contributed by atoms with van der Waals surface area (Å²) in [7, 11) is 0. The number of nitro benzene ring substituents is 1. The zero-order valence-corrected chi connectivity index (χ0v) is 13.1. The molecule has 0 saturated carbocycles. The molecule has 0 spiro atoms. The molecule has 0 atom stereocenters. The molecule has 3 aromatic carbocycles. The summed E-state index contributed by atoms with van der Waals surface area (Å²) in [6.45, 7) is 3.59. The summed E-state index contributed by atoms with van der Waals surface area (Å²) in [5, 5.41) is 11.7. The number of para-hydroxylation sites is 1. The second-order valence-electron chi connectivity index (χ2n) is 5.43. The summed E-state index contributed by atoms with van der Waals surface area (Å²) in [5.41, 5.74) is 3.13. The predicted molar refractivity (Wildman–Crippen MR) is 94.9 cm³/mol. The Morgan fingerprint density at radius 2 is 1.38 bits per heavy atom. The van der Waals surface area contributed by atoms with Crippen LogP contribution in [0.5, 0.6) is 0 Å². The maximum absolute atomic E-state index is 11.7. The monoisotopic (exact) mass is 314 g/mol. The highest BCUT2D eigenvalue weighted by Crippen LogP contribution is 2.38. The predicted octanol–water partition coefficient (Wildman–Crippen LogP) is 5.11. The Kier molecular flexibility index (Phi) is 4.52. The number of benzene rings is 3. The summed E-state index contributed by atoms with van der Waals surface area (Å²) < 4.78 is 0. The first-order valence-electron chi connectivity index (χ1n) is 7.62. The minimum absolute atomic E-state index is 0.0604. The van der Waals surface area contributed by atoms with Gasteiger partial charge in [0.15, 0.2) is 0 Å². The van der Waals surface area contributed by atoms with E-state index >= 15 is 0 Å². The Bertz CT molecular complexity index is 818. The molecule has 0 amide bonds. The molecule has 0 heterocycles. The van der Waals surface area contributed by atoms with Crippen molar-refractivity contribution in [3.8, 4) is 0 Å². The third kappa shape index (κ3) is 2.97. The molecule has 0 aromatic heterocycles. The molecular formula is C21H16NO2. The lowest BCUT2D eigenvalue weighted by Gasteiger charge is -2.19. The molecule has 0 unspecified atom stereocenters. The zero-order chi connectivity index (χ0) is 16.9. The molecule has 3 nitrogen and oxygen atoms in total. The molecule has 3 rings (SSSR count). The molecule has 117 valence electrons. The standard InChI is InChI=1S/C21H16NO2/c1-2-16-14-9-15-19(21(16)22(23)24)20(17-10-5-3-6-11-17)18-12-7-4-8-13-18/h3-15,20H,1H2. The summed E-state index contributed by atoms with van der Waals surface area (Å²) in [6.07, 6.45) is 2.68. The molecule has 0 N–H and O–H groups in total. The highest BCUT2D eigenvalue weighted by molar-refractivity contribution is 5.57. The van der Waals surface area contributed by atoms with Gasteiger partial charge in [-0.3, -0.25) is 10.1 Å². The smallest absolute Gasteiger partial charge is 0.258 e. The largest absolute Gasteiger partial charge is 0.281 e.